The number of nitrogens with one attached hydrogen (secondary N) is 3. The van der Waals surface area contributed by atoms with Gasteiger partial charge in [0.15, 0.2) is 5.96 Å². The van der Waals surface area contributed by atoms with E-state index in [0.29, 0.717) is 13.0 Å². The van der Waals surface area contributed by atoms with E-state index in [2.05, 4.69) is 10.9 Å². The highest BCUT2D eigenvalue weighted by Gasteiger charge is 1.83. The molecule has 0 aromatic rings. The van der Waals surface area contributed by atoms with E-state index in [1.165, 1.54) is 0 Å². The summed E-state index contributed by atoms with van der Waals surface area (Å²) in [6.45, 7) is 0.489. The van der Waals surface area contributed by atoms with E-state index in [1.807, 2.05) is 0 Å². The maximum Gasteiger partial charge on any atom is 0.200 e. The van der Waals surface area contributed by atoms with Crippen molar-refractivity contribution in [2.24, 2.45) is 5.73 Å². The van der Waals surface area contributed by atoms with Crippen molar-refractivity contribution in [2.45, 2.75) is 6.42 Å². The van der Waals surface area contributed by atoms with E-state index in [0.717, 1.165) is 6.29 Å². The van der Waals surface area contributed by atoms with Crippen molar-refractivity contribution in [1.82, 2.24) is 10.9 Å². The predicted octanol–water partition coefficient (Wildman–Crippen LogP) is -1.44. The molecule has 0 radical (unpaired) electrons. The number of guanidine groups is 1. The van der Waals surface area contributed by atoms with Crippen LogP contribution in [0.2, 0.25) is 0 Å². The fourth-order valence-corrected chi connectivity index (χ4v) is 0.289. The van der Waals surface area contributed by atoms with Crippen LogP contribution in [0.3, 0.4) is 0 Å². The molecule has 0 saturated carbocycles. The molecule has 9 heavy (non-hydrogen) atoms. The van der Waals surface area contributed by atoms with Gasteiger partial charge in [0, 0.05) is 13.0 Å². The van der Waals surface area contributed by atoms with E-state index >= 15 is 0 Å². The molecule has 0 aliphatic carbocycles. The number of hydrogen-bond donors (Lipinski definition) is 4. The second-order valence-electron chi connectivity index (χ2n) is 1.42. The van der Waals surface area contributed by atoms with Crippen LogP contribution in [-0.2, 0) is 4.79 Å². The summed E-state index contributed by atoms with van der Waals surface area (Å²) in [5.74, 6) is -0.152. The summed E-state index contributed by atoms with van der Waals surface area (Å²) in [5, 5.41) is 6.65. The van der Waals surface area contributed by atoms with E-state index in [4.69, 9.17) is 11.1 Å². The van der Waals surface area contributed by atoms with Crippen LogP contribution in [0.4, 0.5) is 0 Å². The fourth-order valence-electron chi connectivity index (χ4n) is 0.289. The lowest BCUT2D eigenvalue weighted by atomic mass is 10.5. The van der Waals surface area contributed by atoms with Crippen molar-refractivity contribution >= 4 is 12.2 Å². The van der Waals surface area contributed by atoms with Gasteiger partial charge in [-0.3, -0.25) is 10.8 Å². The summed E-state index contributed by atoms with van der Waals surface area (Å²) in [5.41, 5.74) is 9.78. The highest BCUT2D eigenvalue weighted by atomic mass is 16.1. The van der Waals surface area contributed by atoms with Crippen molar-refractivity contribution in [2.75, 3.05) is 6.54 Å². The number of carbonyl (C=O) groups is 1. The lowest BCUT2D eigenvalue weighted by Gasteiger charge is -2.01. The van der Waals surface area contributed by atoms with Crippen molar-refractivity contribution in [3.8, 4) is 0 Å². The average Bonchev–Trinajstić information content (AvgIpc) is 1.80. The smallest absolute Gasteiger partial charge is 0.200 e. The molecular formula is C4H10N4O. The Kier molecular flexibility index (Phi) is 4.43. The molecule has 5 heteroatoms. The average molecular weight is 130 g/mol. The summed E-state index contributed by atoms with van der Waals surface area (Å²) >= 11 is 0. The lowest BCUT2D eigenvalue weighted by Crippen LogP contribution is -2.42. The van der Waals surface area contributed by atoms with Crippen LogP contribution in [0.5, 0.6) is 0 Å². The molecule has 0 heterocycles. The van der Waals surface area contributed by atoms with Crippen molar-refractivity contribution < 1.29 is 4.79 Å². The van der Waals surface area contributed by atoms with Gasteiger partial charge < -0.3 is 10.5 Å². The Morgan fingerprint density at radius 2 is 2.44 bits per heavy atom. The van der Waals surface area contributed by atoms with Crippen molar-refractivity contribution in [3.05, 3.63) is 0 Å². The largest absolute Gasteiger partial charge is 0.369 e. The maximum absolute atomic E-state index is 9.70. The van der Waals surface area contributed by atoms with Crippen LogP contribution >= 0.6 is 0 Å². The van der Waals surface area contributed by atoms with Gasteiger partial charge in [-0.2, -0.15) is 0 Å². The molecule has 0 atom stereocenters. The second kappa shape index (κ2) is 5.04. The van der Waals surface area contributed by atoms with Crippen LogP contribution in [0.25, 0.3) is 0 Å². The Hall–Kier alpha value is -1.10. The third kappa shape index (κ3) is 6.90. The normalized spacial score (nSPS) is 8.44. The minimum Gasteiger partial charge on any atom is -0.369 e. The predicted molar refractivity (Wildman–Crippen MR) is 33.7 cm³/mol. The Bertz CT molecular complexity index is 103. The highest BCUT2D eigenvalue weighted by molar-refractivity contribution is 5.73. The van der Waals surface area contributed by atoms with Crippen LogP contribution in [0.1, 0.15) is 6.42 Å². The fraction of sp³-hybridized carbons (Fsp3) is 0.500. The first kappa shape index (κ1) is 7.90. The number of hydrazine groups is 1. The second-order valence-corrected chi connectivity index (χ2v) is 1.42. The lowest BCUT2D eigenvalue weighted by molar-refractivity contribution is -0.107. The first-order valence-corrected chi connectivity index (χ1v) is 2.54. The summed E-state index contributed by atoms with van der Waals surface area (Å²) in [7, 11) is 0. The Morgan fingerprint density at radius 1 is 1.78 bits per heavy atom. The van der Waals surface area contributed by atoms with Crippen LogP contribution in [0, 0.1) is 5.41 Å². The highest BCUT2D eigenvalue weighted by Crippen LogP contribution is 1.61. The first-order valence-electron chi connectivity index (χ1n) is 2.54. The van der Waals surface area contributed by atoms with Gasteiger partial charge in [-0.1, -0.05) is 0 Å². The summed E-state index contributed by atoms with van der Waals surface area (Å²) < 4.78 is 0. The van der Waals surface area contributed by atoms with Gasteiger partial charge >= 0.3 is 0 Å². The van der Waals surface area contributed by atoms with E-state index in [-0.39, 0.29) is 5.96 Å². The topological polar surface area (TPSA) is 91.0 Å². The van der Waals surface area contributed by atoms with Gasteiger partial charge in [0.1, 0.15) is 6.29 Å². The molecular weight excluding hydrogens is 120 g/mol. The molecule has 0 bridgehead atoms. The number of aldehydes is 1. The monoisotopic (exact) mass is 130 g/mol. The van der Waals surface area contributed by atoms with Gasteiger partial charge in [0.05, 0.1) is 0 Å². The minimum absolute atomic E-state index is 0.152. The maximum atomic E-state index is 9.70. The zero-order valence-corrected chi connectivity index (χ0v) is 4.98. The van der Waals surface area contributed by atoms with Crippen LogP contribution in [0.15, 0.2) is 0 Å². The standard InChI is InChI=1S/C4H10N4O/c5-4(6)8-7-2-1-3-9/h3,7H,1-2H2,(H4,5,6,8). The third-order valence-electron chi connectivity index (χ3n) is 0.610. The molecule has 0 fully saturated rings. The van der Waals surface area contributed by atoms with Crippen molar-refractivity contribution in [1.29, 1.82) is 5.41 Å². The number of nitrogens with two attached hydrogens (primary N) is 1. The zero-order chi connectivity index (χ0) is 7.11. The zero-order valence-electron chi connectivity index (χ0n) is 4.98. The Balaban J connectivity index is 2.91. The van der Waals surface area contributed by atoms with Gasteiger partial charge in [-0.25, -0.2) is 5.43 Å². The number of rotatable bonds is 4. The Labute approximate surface area is 53.1 Å². The summed E-state index contributed by atoms with van der Waals surface area (Å²) in [6, 6.07) is 0. The third-order valence-corrected chi connectivity index (χ3v) is 0.610. The SMILES string of the molecule is N=C(N)NNCCC=O. The molecule has 0 aliphatic heterocycles. The molecule has 5 nitrogen and oxygen atoms in total. The summed E-state index contributed by atoms with van der Waals surface area (Å²) in [6.07, 6.45) is 1.20. The first-order chi connectivity index (χ1) is 4.27. The molecule has 0 aliphatic rings. The van der Waals surface area contributed by atoms with Crippen LogP contribution < -0.4 is 16.6 Å². The molecule has 0 rings (SSSR count). The van der Waals surface area contributed by atoms with E-state index < -0.39 is 0 Å². The quantitative estimate of drug-likeness (QED) is 0.123. The van der Waals surface area contributed by atoms with Gasteiger partial charge in [0.2, 0.25) is 0 Å². The molecule has 0 unspecified atom stereocenters. The molecule has 0 saturated heterocycles. The van der Waals surface area contributed by atoms with Gasteiger partial charge in [0.25, 0.3) is 0 Å². The molecule has 52 valence electrons. The number of carbonyl (C=O) groups excluding carboxylic acids is 1. The van der Waals surface area contributed by atoms with Crippen LogP contribution in [-0.4, -0.2) is 18.8 Å². The minimum atomic E-state index is -0.152. The molecule has 0 spiro atoms. The summed E-state index contributed by atoms with van der Waals surface area (Å²) in [4.78, 5) is 9.70. The van der Waals surface area contributed by atoms with Crippen molar-refractivity contribution in [3.63, 3.8) is 0 Å². The molecule has 0 aromatic heterocycles. The molecule has 5 N–H and O–H groups in total. The van der Waals surface area contributed by atoms with E-state index in [1.54, 1.807) is 0 Å². The van der Waals surface area contributed by atoms with E-state index in [9.17, 15) is 4.79 Å². The molecule has 0 aromatic carbocycles. The molecule has 0 amide bonds. The number of hydrogen-bond acceptors (Lipinski definition) is 3. The van der Waals surface area contributed by atoms with Gasteiger partial charge in [-0.15, -0.1) is 0 Å². The van der Waals surface area contributed by atoms with Gasteiger partial charge in [-0.05, 0) is 0 Å². The Morgan fingerprint density at radius 3 is 2.89 bits per heavy atom.